The number of nitrogens with zero attached hydrogens (tertiary/aromatic N) is 1. The van der Waals surface area contributed by atoms with Crippen LogP contribution in [-0.4, -0.2) is 52.5 Å². The van der Waals surface area contributed by atoms with E-state index in [1.807, 2.05) is 19.9 Å². The summed E-state index contributed by atoms with van der Waals surface area (Å²) in [4.78, 5) is 25.1. The summed E-state index contributed by atoms with van der Waals surface area (Å²) in [5.74, 6) is 0.344. The van der Waals surface area contributed by atoms with Crippen LogP contribution in [0.1, 0.15) is 35.4 Å². The second-order valence-electron chi connectivity index (χ2n) is 7.14. The van der Waals surface area contributed by atoms with Crippen molar-refractivity contribution in [1.29, 1.82) is 0 Å². The molecule has 0 saturated carbocycles. The molecule has 2 heterocycles. The molecule has 0 aromatic heterocycles. The van der Waals surface area contributed by atoms with E-state index in [9.17, 15) is 18.0 Å². The van der Waals surface area contributed by atoms with Crippen LogP contribution in [0.2, 0.25) is 0 Å². The van der Waals surface area contributed by atoms with Crippen molar-refractivity contribution in [3.8, 4) is 0 Å². The van der Waals surface area contributed by atoms with E-state index in [1.165, 1.54) is 10.5 Å². The zero-order valence-electron chi connectivity index (χ0n) is 15.6. The highest BCUT2D eigenvalue weighted by Gasteiger charge is 2.34. The van der Waals surface area contributed by atoms with Gasteiger partial charge in [0.1, 0.15) is 12.7 Å². The minimum atomic E-state index is -3.59. The van der Waals surface area contributed by atoms with Crippen LogP contribution < -0.4 is 10.2 Å². The molecule has 148 valence electrons. The first kappa shape index (κ1) is 19.6. The molecule has 8 nitrogen and oxygen atoms in total. The standard InChI is InChI=1S/C18H24N2O6S/c1-11-7-16(12(2)6-15(11)13-4-5-17(21)19-8-13)20-9-14(26-18(20)22)10-25-27(3,23)24/h6-7,13-14H,4-5,8-10H2,1-3H3,(H,19,21)/t13?,14-/m1/s1. The minimum Gasteiger partial charge on any atom is -0.441 e. The Morgan fingerprint density at radius 3 is 2.63 bits per heavy atom. The van der Waals surface area contributed by atoms with E-state index >= 15 is 0 Å². The van der Waals surface area contributed by atoms with Crippen LogP contribution in [0.4, 0.5) is 10.5 Å². The molecule has 2 atom stereocenters. The van der Waals surface area contributed by atoms with Gasteiger partial charge in [-0.05, 0) is 43.0 Å². The van der Waals surface area contributed by atoms with Crippen molar-refractivity contribution in [2.75, 3.05) is 30.9 Å². The molecule has 1 aromatic carbocycles. The van der Waals surface area contributed by atoms with Crippen LogP contribution in [-0.2, 0) is 23.8 Å². The van der Waals surface area contributed by atoms with Crippen LogP contribution in [0.3, 0.4) is 0 Å². The van der Waals surface area contributed by atoms with Crippen molar-refractivity contribution in [1.82, 2.24) is 5.32 Å². The fourth-order valence-electron chi connectivity index (χ4n) is 3.56. The molecule has 0 aliphatic carbocycles. The van der Waals surface area contributed by atoms with Crippen LogP contribution in [0.5, 0.6) is 0 Å². The molecule has 1 aromatic rings. The van der Waals surface area contributed by atoms with Gasteiger partial charge in [-0.25, -0.2) is 4.79 Å². The number of rotatable bonds is 5. The van der Waals surface area contributed by atoms with Crippen molar-refractivity contribution in [2.45, 2.75) is 38.7 Å². The van der Waals surface area contributed by atoms with Crippen LogP contribution in [0, 0.1) is 13.8 Å². The van der Waals surface area contributed by atoms with E-state index < -0.39 is 22.3 Å². The number of hydrogen-bond acceptors (Lipinski definition) is 6. The quantitative estimate of drug-likeness (QED) is 0.759. The lowest BCUT2D eigenvalue weighted by Crippen LogP contribution is -2.34. The third kappa shape index (κ3) is 4.59. The fraction of sp³-hybridized carbons (Fsp3) is 0.556. The lowest BCUT2D eigenvalue weighted by Gasteiger charge is -2.26. The smallest absolute Gasteiger partial charge is 0.414 e. The Morgan fingerprint density at radius 1 is 1.26 bits per heavy atom. The number of nitrogens with one attached hydrogen (secondary N) is 1. The van der Waals surface area contributed by atoms with Crippen molar-refractivity contribution >= 4 is 27.8 Å². The topological polar surface area (TPSA) is 102 Å². The van der Waals surface area contributed by atoms with Gasteiger partial charge in [0.05, 0.1) is 18.5 Å². The summed E-state index contributed by atoms with van der Waals surface area (Å²) in [7, 11) is -3.59. The number of carbonyl (C=O) groups excluding carboxylic acids is 2. The average molecular weight is 396 g/mol. The van der Waals surface area contributed by atoms with Gasteiger partial charge in [0.25, 0.3) is 10.1 Å². The molecular formula is C18H24N2O6S. The molecule has 2 amide bonds. The number of hydrogen-bond donors (Lipinski definition) is 1. The Balaban J connectivity index is 1.76. The molecule has 2 fully saturated rings. The summed E-state index contributed by atoms with van der Waals surface area (Å²) in [5, 5.41) is 2.90. The normalized spacial score (nSPS) is 23.3. The maximum atomic E-state index is 12.2. The summed E-state index contributed by atoms with van der Waals surface area (Å²) in [5.41, 5.74) is 3.87. The van der Waals surface area contributed by atoms with E-state index in [2.05, 4.69) is 11.4 Å². The van der Waals surface area contributed by atoms with E-state index in [4.69, 9.17) is 8.92 Å². The number of carbonyl (C=O) groups is 2. The lowest BCUT2D eigenvalue weighted by atomic mass is 9.87. The van der Waals surface area contributed by atoms with Crippen molar-refractivity contribution < 1.29 is 26.9 Å². The Hall–Kier alpha value is -2.13. The number of aryl methyl sites for hydroxylation is 2. The Bertz CT molecular complexity index is 857. The molecule has 0 radical (unpaired) electrons. The second-order valence-corrected chi connectivity index (χ2v) is 8.78. The number of ether oxygens (including phenoxy) is 1. The third-order valence-corrected chi connectivity index (χ3v) is 5.49. The summed E-state index contributed by atoms with van der Waals surface area (Å²) in [6, 6.07) is 4.00. The van der Waals surface area contributed by atoms with Gasteiger partial charge in [0.2, 0.25) is 5.91 Å². The Labute approximate surface area is 158 Å². The molecule has 2 aliphatic heterocycles. The number of cyclic esters (lactones) is 1. The van der Waals surface area contributed by atoms with Gasteiger partial charge in [-0.2, -0.15) is 8.42 Å². The fourth-order valence-corrected chi connectivity index (χ4v) is 3.96. The Kier molecular flexibility index (Phi) is 5.43. The van der Waals surface area contributed by atoms with Gasteiger partial charge in [-0.3, -0.25) is 13.9 Å². The maximum Gasteiger partial charge on any atom is 0.414 e. The predicted molar refractivity (Wildman–Crippen MR) is 99.3 cm³/mol. The second kappa shape index (κ2) is 7.47. The summed E-state index contributed by atoms with van der Waals surface area (Å²) < 4.78 is 32.2. The molecule has 2 aliphatic rings. The van der Waals surface area contributed by atoms with E-state index in [0.717, 1.165) is 29.5 Å². The SMILES string of the molecule is Cc1cc(N2C[C@H](COS(C)(=O)=O)OC2=O)c(C)cc1C1CCC(=O)NC1. The van der Waals surface area contributed by atoms with Gasteiger partial charge >= 0.3 is 6.09 Å². The molecular weight excluding hydrogens is 372 g/mol. The van der Waals surface area contributed by atoms with Crippen LogP contribution >= 0.6 is 0 Å². The first-order valence-corrected chi connectivity index (χ1v) is 10.7. The number of benzene rings is 1. The summed E-state index contributed by atoms with van der Waals surface area (Å²) in [6.45, 7) is 4.56. The van der Waals surface area contributed by atoms with Crippen molar-refractivity contribution in [2.24, 2.45) is 0 Å². The maximum absolute atomic E-state index is 12.2. The van der Waals surface area contributed by atoms with Gasteiger partial charge in [-0.15, -0.1) is 0 Å². The zero-order valence-corrected chi connectivity index (χ0v) is 16.5. The van der Waals surface area contributed by atoms with Gasteiger partial charge in [0.15, 0.2) is 0 Å². The van der Waals surface area contributed by atoms with Crippen molar-refractivity contribution in [3.63, 3.8) is 0 Å². The van der Waals surface area contributed by atoms with E-state index in [1.54, 1.807) is 0 Å². The van der Waals surface area contributed by atoms with Gasteiger partial charge in [0, 0.05) is 18.9 Å². The van der Waals surface area contributed by atoms with Crippen LogP contribution in [0.25, 0.3) is 0 Å². The predicted octanol–water partition coefficient (Wildman–Crippen LogP) is 1.60. The Morgan fingerprint density at radius 2 is 2.00 bits per heavy atom. The lowest BCUT2D eigenvalue weighted by molar-refractivity contribution is -0.122. The largest absolute Gasteiger partial charge is 0.441 e. The average Bonchev–Trinajstić information content (AvgIpc) is 2.96. The molecule has 1 unspecified atom stereocenters. The molecule has 0 bridgehead atoms. The molecule has 1 N–H and O–H groups in total. The van der Waals surface area contributed by atoms with Gasteiger partial charge < -0.3 is 10.1 Å². The summed E-state index contributed by atoms with van der Waals surface area (Å²) in [6.07, 6.45) is 1.13. The van der Waals surface area contributed by atoms with Gasteiger partial charge in [-0.1, -0.05) is 6.07 Å². The highest BCUT2D eigenvalue weighted by atomic mass is 32.2. The highest BCUT2D eigenvalue weighted by Crippen LogP contribution is 2.33. The minimum absolute atomic E-state index is 0.0828. The van der Waals surface area contributed by atoms with Crippen LogP contribution in [0.15, 0.2) is 12.1 Å². The summed E-state index contributed by atoms with van der Waals surface area (Å²) >= 11 is 0. The molecule has 2 saturated heterocycles. The molecule has 0 spiro atoms. The number of piperidine rings is 1. The monoisotopic (exact) mass is 396 g/mol. The van der Waals surface area contributed by atoms with Crippen molar-refractivity contribution in [3.05, 3.63) is 28.8 Å². The molecule has 27 heavy (non-hydrogen) atoms. The number of anilines is 1. The van der Waals surface area contributed by atoms with E-state index in [0.29, 0.717) is 13.0 Å². The van der Waals surface area contributed by atoms with E-state index in [-0.39, 0.29) is 25.0 Å². The first-order chi connectivity index (χ1) is 12.6. The zero-order chi connectivity index (χ0) is 19.8. The number of amides is 2. The third-order valence-electron chi connectivity index (χ3n) is 4.92. The highest BCUT2D eigenvalue weighted by molar-refractivity contribution is 7.85. The molecule has 3 rings (SSSR count). The molecule has 9 heteroatoms. The first-order valence-electron chi connectivity index (χ1n) is 8.84.